The van der Waals surface area contributed by atoms with Crippen LogP contribution in [0, 0.1) is 5.92 Å². The second-order valence-corrected chi connectivity index (χ2v) is 5.89. The number of ether oxygens (including phenoxy) is 1. The van der Waals surface area contributed by atoms with Crippen molar-refractivity contribution in [1.82, 2.24) is 0 Å². The quantitative estimate of drug-likeness (QED) is 0.438. The van der Waals surface area contributed by atoms with Crippen LogP contribution in [0.1, 0.15) is 51.9 Å². The maximum absolute atomic E-state index is 11.5. The van der Waals surface area contributed by atoms with Crippen molar-refractivity contribution in [3.05, 3.63) is 0 Å². The molecule has 0 aromatic carbocycles. The van der Waals surface area contributed by atoms with E-state index in [1.54, 1.807) is 0 Å². The summed E-state index contributed by atoms with van der Waals surface area (Å²) in [6.45, 7) is 2.75. The van der Waals surface area contributed by atoms with E-state index in [9.17, 15) is 4.79 Å². The lowest BCUT2D eigenvalue weighted by molar-refractivity contribution is -0.144. The summed E-state index contributed by atoms with van der Waals surface area (Å²) >= 11 is 2.19. The lowest BCUT2D eigenvalue weighted by Crippen LogP contribution is -2.22. The van der Waals surface area contributed by atoms with E-state index in [1.807, 2.05) is 0 Å². The Hall–Kier alpha value is 0.200. The van der Waals surface area contributed by atoms with Crippen molar-refractivity contribution in [2.24, 2.45) is 5.92 Å². The van der Waals surface area contributed by atoms with Gasteiger partial charge in [0.2, 0.25) is 0 Å². The third kappa shape index (κ3) is 5.18. The van der Waals surface area contributed by atoms with Gasteiger partial charge in [-0.15, -0.1) is 0 Å². The first kappa shape index (κ1) is 13.3. The molecule has 0 saturated heterocycles. The molecule has 0 spiro atoms. The molecule has 0 heterocycles. The van der Waals surface area contributed by atoms with Gasteiger partial charge in [0.1, 0.15) is 3.92 Å². The van der Waals surface area contributed by atoms with Gasteiger partial charge in [0.15, 0.2) is 0 Å². The molecule has 0 N–H and O–H groups in total. The van der Waals surface area contributed by atoms with Crippen molar-refractivity contribution in [2.45, 2.75) is 55.8 Å². The van der Waals surface area contributed by atoms with Gasteiger partial charge < -0.3 is 4.74 Å². The number of carbonyl (C=O) groups excluding carboxylic acids is 1. The Morgan fingerprint density at radius 1 is 1.40 bits per heavy atom. The largest absolute Gasteiger partial charge is 0.465 e. The minimum atomic E-state index is -0.0111. The van der Waals surface area contributed by atoms with E-state index in [2.05, 4.69) is 29.5 Å². The highest BCUT2D eigenvalue weighted by Crippen LogP contribution is 2.24. The highest BCUT2D eigenvalue weighted by atomic mass is 127. The molecule has 1 rings (SSSR count). The van der Waals surface area contributed by atoms with E-state index in [4.69, 9.17) is 4.74 Å². The van der Waals surface area contributed by atoms with Gasteiger partial charge in [-0.05, 0) is 25.2 Å². The van der Waals surface area contributed by atoms with E-state index in [1.165, 1.54) is 32.1 Å². The molecule has 15 heavy (non-hydrogen) atoms. The predicted molar refractivity (Wildman–Crippen MR) is 70.3 cm³/mol. The number of alkyl halides is 1. The second-order valence-electron chi connectivity index (χ2n) is 4.39. The van der Waals surface area contributed by atoms with Gasteiger partial charge in [0, 0.05) is 0 Å². The fourth-order valence-electron chi connectivity index (χ4n) is 2.02. The Labute approximate surface area is 106 Å². The smallest absolute Gasteiger partial charge is 0.318 e. The van der Waals surface area contributed by atoms with Crippen LogP contribution in [0.15, 0.2) is 0 Å². The van der Waals surface area contributed by atoms with Gasteiger partial charge in [-0.1, -0.05) is 55.2 Å². The minimum Gasteiger partial charge on any atom is -0.465 e. The van der Waals surface area contributed by atoms with E-state index in [-0.39, 0.29) is 9.89 Å². The molecule has 1 saturated carbocycles. The topological polar surface area (TPSA) is 26.3 Å². The Bertz CT molecular complexity index is 188. The summed E-state index contributed by atoms with van der Waals surface area (Å²) in [5.41, 5.74) is 0. The lowest BCUT2D eigenvalue weighted by atomic mass is 9.90. The molecular formula is C12H21IO2. The maximum Gasteiger partial charge on any atom is 0.318 e. The second kappa shape index (κ2) is 7.47. The molecule has 88 valence electrons. The first-order valence-electron chi connectivity index (χ1n) is 6.04. The normalized spacial score (nSPS) is 19.9. The SMILES string of the molecule is CCCC(I)C(=O)OCC1CCCCC1. The lowest BCUT2D eigenvalue weighted by Gasteiger charge is -2.21. The van der Waals surface area contributed by atoms with E-state index >= 15 is 0 Å². The zero-order chi connectivity index (χ0) is 11.1. The molecule has 2 nitrogen and oxygen atoms in total. The first-order chi connectivity index (χ1) is 7.24. The van der Waals surface area contributed by atoms with E-state index in [0.29, 0.717) is 12.5 Å². The summed E-state index contributed by atoms with van der Waals surface area (Å²) < 4.78 is 5.40. The van der Waals surface area contributed by atoms with Gasteiger partial charge in [0.25, 0.3) is 0 Å². The van der Waals surface area contributed by atoms with Crippen LogP contribution < -0.4 is 0 Å². The zero-order valence-corrected chi connectivity index (χ0v) is 11.7. The van der Waals surface area contributed by atoms with Gasteiger partial charge >= 0.3 is 5.97 Å². The van der Waals surface area contributed by atoms with Crippen LogP contribution in [-0.4, -0.2) is 16.5 Å². The molecule has 0 aromatic heterocycles. The number of hydrogen-bond donors (Lipinski definition) is 0. The van der Waals surface area contributed by atoms with Gasteiger partial charge in [-0.2, -0.15) is 0 Å². The Morgan fingerprint density at radius 2 is 2.07 bits per heavy atom. The van der Waals surface area contributed by atoms with Crippen LogP contribution in [0.25, 0.3) is 0 Å². The minimum absolute atomic E-state index is 0.0111. The highest BCUT2D eigenvalue weighted by molar-refractivity contribution is 14.1. The number of carbonyl (C=O) groups is 1. The summed E-state index contributed by atoms with van der Waals surface area (Å²) in [6.07, 6.45) is 8.45. The van der Waals surface area contributed by atoms with Crippen LogP contribution in [0.2, 0.25) is 0 Å². The Kier molecular flexibility index (Phi) is 6.61. The predicted octanol–water partition coefficient (Wildman–Crippen LogP) is 3.71. The summed E-state index contributed by atoms with van der Waals surface area (Å²) in [5, 5.41) is 0. The van der Waals surface area contributed by atoms with Gasteiger partial charge in [-0.25, -0.2) is 0 Å². The molecule has 0 radical (unpaired) electrons. The summed E-state index contributed by atoms with van der Waals surface area (Å²) in [6, 6.07) is 0. The van der Waals surface area contributed by atoms with Gasteiger partial charge in [0.05, 0.1) is 6.61 Å². The van der Waals surface area contributed by atoms with Crippen molar-refractivity contribution in [3.8, 4) is 0 Å². The molecule has 1 aliphatic rings. The fourth-order valence-corrected chi connectivity index (χ4v) is 2.82. The van der Waals surface area contributed by atoms with Crippen molar-refractivity contribution >= 4 is 28.6 Å². The maximum atomic E-state index is 11.5. The van der Waals surface area contributed by atoms with Crippen LogP contribution >= 0.6 is 22.6 Å². The first-order valence-corrected chi connectivity index (χ1v) is 7.29. The monoisotopic (exact) mass is 324 g/mol. The van der Waals surface area contributed by atoms with Crippen molar-refractivity contribution in [1.29, 1.82) is 0 Å². The van der Waals surface area contributed by atoms with Crippen LogP contribution in [0.3, 0.4) is 0 Å². The highest BCUT2D eigenvalue weighted by Gasteiger charge is 2.19. The molecule has 1 fully saturated rings. The number of hydrogen-bond acceptors (Lipinski definition) is 2. The number of esters is 1. The molecule has 1 aliphatic carbocycles. The average Bonchev–Trinajstić information content (AvgIpc) is 2.27. The Balaban J connectivity index is 2.14. The number of rotatable bonds is 5. The number of halogens is 1. The average molecular weight is 324 g/mol. The molecule has 3 heteroatoms. The fraction of sp³-hybridized carbons (Fsp3) is 0.917. The van der Waals surface area contributed by atoms with Crippen LogP contribution in [-0.2, 0) is 9.53 Å². The summed E-state index contributed by atoms with van der Waals surface area (Å²) in [4.78, 5) is 11.5. The van der Waals surface area contributed by atoms with Crippen molar-refractivity contribution < 1.29 is 9.53 Å². The van der Waals surface area contributed by atoms with Crippen LogP contribution in [0.4, 0.5) is 0 Å². The molecular weight excluding hydrogens is 303 g/mol. The van der Waals surface area contributed by atoms with E-state index in [0.717, 1.165) is 12.8 Å². The van der Waals surface area contributed by atoms with Gasteiger partial charge in [-0.3, -0.25) is 4.79 Å². The molecule has 0 bridgehead atoms. The molecule has 1 unspecified atom stereocenters. The Morgan fingerprint density at radius 3 is 2.67 bits per heavy atom. The zero-order valence-electron chi connectivity index (χ0n) is 9.51. The third-order valence-electron chi connectivity index (χ3n) is 2.98. The van der Waals surface area contributed by atoms with Crippen molar-refractivity contribution in [2.75, 3.05) is 6.61 Å². The molecule has 0 amide bonds. The van der Waals surface area contributed by atoms with Crippen LogP contribution in [0.5, 0.6) is 0 Å². The van der Waals surface area contributed by atoms with Crippen molar-refractivity contribution in [3.63, 3.8) is 0 Å². The molecule has 0 aliphatic heterocycles. The summed E-state index contributed by atoms with van der Waals surface area (Å²) in [5.74, 6) is 0.621. The standard InChI is InChI=1S/C12H21IO2/c1-2-6-11(13)12(14)15-9-10-7-4-3-5-8-10/h10-11H,2-9H2,1H3. The molecule has 1 atom stereocenters. The summed E-state index contributed by atoms with van der Waals surface area (Å²) in [7, 11) is 0. The van der Waals surface area contributed by atoms with E-state index < -0.39 is 0 Å². The molecule has 0 aromatic rings. The third-order valence-corrected chi connectivity index (χ3v) is 4.12.